The van der Waals surface area contributed by atoms with Gasteiger partial charge in [0.1, 0.15) is 5.76 Å². The van der Waals surface area contributed by atoms with Crippen LogP contribution in [0.2, 0.25) is 0 Å². The number of furan rings is 1. The molecule has 0 atom stereocenters. The van der Waals surface area contributed by atoms with Crippen molar-refractivity contribution in [2.75, 3.05) is 27.2 Å². The van der Waals surface area contributed by atoms with Crippen LogP contribution in [0.1, 0.15) is 17.7 Å². The van der Waals surface area contributed by atoms with Crippen LogP contribution in [0.5, 0.6) is 5.75 Å². The summed E-state index contributed by atoms with van der Waals surface area (Å²) in [6, 6.07) is 18.6. The highest BCUT2D eigenvalue weighted by atomic mass is 16.5. The van der Waals surface area contributed by atoms with Crippen LogP contribution in [0.4, 0.5) is 0 Å². The molecule has 0 saturated carbocycles. The number of hydrogen-bond donors (Lipinski definition) is 1. The van der Waals surface area contributed by atoms with Crippen molar-refractivity contribution in [3.8, 4) is 5.75 Å². The highest BCUT2D eigenvalue weighted by Gasteiger charge is 2.08. The first-order chi connectivity index (χ1) is 12.3. The number of nitrogens with one attached hydrogen (secondary N) is 1. The summed E-state index contributed by atoms with van der Waals surface area (Å²) >= 11 is 0. The van der Waals surface area contributed by atoms with Gasteiger partial charge in [0.05, 0.1) is 13.7 Å². The van der Waals surface area contributed by atoms with E-state index in [9.17, 15) is 0 Å². The number of fused-ring (bicyclic) bond motifs is 1. The number of benzene rings is 2. The molecule has 2 aromatic carbocycles. The molecule has 3 aromatic rings. The monoisotopic (exact) mass is 338 g/mol. The molecule has 4 nitrogen and oxygen atoms in total. The molecule has 3 rings (SSSR count). The number of nitrogens with zero attached hydrogens (tertiary/aromatic N) is 1. The Bertz CT molecular complexity index is 783. The first kappa shape index (κ1) is 17.5. The van der Waals surface area contributed by atoms with Gasteiger partial charge in [-0.25, -0.2) is 0 Å². The van der Waals surface area contributed by atoms with Gasteiger partial charge in [-0.15, -0.1) is 0 Å². The topological polar surface area (TPSA) is 37.6 Å². The van der Waals surface area contributed by atoms with E-state index in [1.54, 1.807) is 7.11 Å². The maximum absolute atomic E-state index is 5.90. The fourth-order valence-electron chi connectivity index (χ4n) is 3.00. The van der Waals surface area contributed by atoms with E-state index in [0.29, 0.717) is 0 Å². The van der Waals surface area contributed by atoms with Gasteiger partial charge in [0, 0.05) is 11.9 Å². The normalized spacial score (nSPS) is 11.3. The summed E-state index contributed by atoms with van der Waals surface area (Å²) in [6.07, 6.45) is 1.10. The number of hydrogen-bond acceptors (Lipinski definition) is 4. The van der Waals surface area contributed by atoms with Crippen LogP contribution in [-0.4, -0.2) is 32.1 Å². The largest absolute Gasteiger partial charge is 0.493 e. The molecule has 0 radical (unpaired) electrons. The minimum absolute atomic E-state index is 0.736. The highest BCUT2D eigenvalue weighted by Crippen LogP contribution is 2.28. The lowest BCUT2D eigenvalue weighted by molar-refractivity contribution is 0.318. The van der Waals surface area contributed by atoms with E-state index >= 15 is 0 Å². The summed E-state index contributed by atoms with van der Waals surface area (Å²) in [4.78, 5) is 2.35. The fraction of sp³-hybridized carbons (Fsp3) is 0.333. The average molecular weight is 338 g/mol. The van der Waals surface area contributed by atoms with Gasteiger partial charge >= 0.3 is 0 Å². The molecule has 0 aliphatic heterocycles. The number of ether oxygens (including phenoxy) is 1. The first-order valence-corrected chi connectivity index (χ1v) is 8.75. The molecule has 0 amide bonds. The Labute approximate surface area is 149 Å². The second kappa shape index (κ2) is 8.70. The molecule has 1 heterocycles. The Morgan fingerprint density at radius 2 is 1.92 bits per heavy atom. The van der Waals surface area contributed by atoms with Gasteiger partial charge < -0.3 is 19.4 Å². The molecular formula is C21H26N2O2. The Hall–Kier alpha value is -2.30. The van der Waals surface area contributed by atoms with Crippen LogP contribution in [0.25, 0.3) is 11.0 Å². The summed E-state index contributed by atoms with van der Waals surface area (Å²) < 4.78 is 11.2. The van der Waals surface area contributed by atoms with Gasteiger partial charge in [-0.05, 0) is 44.3 Å². The van der Waals surface area contributed by atoms with Gasteiger partial charge in [0.2, 0.25) is 0 Å². The summed E-state index contributed by atoms with van der Waals surface area (Å²) in [5, 5.41) is 4.54. The minimum atomic E-state index is 0.736. The van der Waals surface area contributed by atoms with E-state index in [1.165, 1.54) is 5.56 Å². The van der Waals surface area contributed by atoms with Gasteiger partial charge in [-0.3, -0.25) is 0 Å². The Kier molecular flexibility index (Phi) is 6.09. The Morgan fingerprint density at radius 1 is 1.08 bits per heavy atom. The van der Waals surface area contributed by atoms with Crippen LogP contribution >= 0.6 is 0 Å². The lowest BCUT2D eigenvalue weighted by atomic mass is 10.2. The van der Waals surface area contributed by atoms with Crippen molar-refractivity contribution in [3.05, 3.63) is 65.9 Å². The second-order valence-corrected chi connectivity index (χ2v) is 6.35. The number of methoxy groups -OCH3 is 1. The van der Waals surface area contributed by atoms with Crippen LogP contribution < -0.4 is 10.1 Å². The van der Waals surface area contributed by atoms with Crippen molar-refractivity contribution >= 4 is 11.0 Å². The zero-order valence-corrected chi connectivity index (χ0v) is 15.0. The molecule has 1 N–H and O–H groups in total. The van der Waals surface area contributed by atoms with Crippen LogP contribution in [0, 0.1) is 0 Å². The fourth-order valence-corrected chi connectivity index (χ4v) is 3.00. The Morgan fingerprint density at radius 3 is 2.72 bits per heavy atom. The van der Waals surface area contributed by atoms with Crippen molar-refractivity contribution in [2.24, 2.45) is 0 Å². The van der Waals surface area contributed by atoms with Crippen molar-refractivity contribution in [1.29, 1.82) is 0 Å². The highest BCUT2D eigenvalue weighted by molar-refractivity contribution is 5.83. The van der Waals surface area contributed by atoms with Crippen LogP contribution in [-0.2, 0) is 13.1 Å². The summed E-state index contributed by atoms with van der Waals surface area (Å²) in [6.45, 7) is 3.76. The molecule has 132 valence electrons. The summed E-state index contributed by atoms with van der Waals surface area (Å²) in [7, 11) is 3.83. The standard InChI is InChI=1S/C21H26N2O2/c1-23(16-17-8-4-3-5-9-17)13-7-12-22-15-19-14-18-10-6-11-20(24-2)21(18)25-19/h3-6,8-11,14,22H,7,12-13,15-16H2,1-2H3. The lowest BCUT2D eigenvalue weighted by Crippen LogP contribution is -2.23. The molecular weight excluding hydrogens is 312 g/mol. The maximum atomic E-state index is 5.90. The van der Waals surface area contributed by atoms with E-state index in [-0.39, 0.29) is 0 Å². The number of rotatable bonds is 9. The molecule has 0 saturated heterocycles. The minimum Gasteiger partial charge on any atom is -0.493 e. The van der Waals surface area contributed by atoms with E-state index < -0.39 is 0 Å². The van der Waals surface area contributed by atoms with E-state index in [0.717, 1.165) is 55.1 Å². The summed E-state index contributed by atoms with van der Waals surface area (Å²) in [5.74, 6) is 1.73. The van der Waals surface area contributed by atoms with E-state index in [4.69, 9.17) is 9.15 Å². The van der Waals surface area contributed by atoms with Gasteiger partial charge in [0.15, 0.2) is 11.3 Å². The average Bonchev–Trinajstić information content (AvgIpc) is 3.05. The molecule has 0 fully saturated rings. The zero-order valence-electron chi connectivity index (χ0n) is 15.0. The third-order valence-corrected chi connectivity index (χ3v) is 4.27. The summed E-state index contributed by atoms with van der Waals surface area (Å²) in [5.41, 5.74) is 2.18. The quantitative estimate of drug-likeness (QED) is 0.597. The maximum Gasteiger partial charge on any atom is 0.176 e. The predicted molar refractivity (Wildman–Crippen MR) is 102 cm³/mol. The van der Waals surface area contributed by atoms with Crippen molar-refractivity contribution in [1.82, 2.24) is 10.2 Å². The SMILES string of the molecule is COc1cccc2cc(CNCCCN(C)Cc3ccccc3)oc12. The van der Waals surface area contributed by atoms with Crippen molar-refractivity contribution in [3.63, 3.8) is 0 Å². The molecule has 0 bridgehead atoms. The molecule has 25 heavy (non-hydrogen) atoms. The molecule has 0 unspecified atom stereocenters. The van der Waals surface area contributed by atoms with Gasteiger partial charge in [0.25, 0.3) is 0 Å². The lowest BCUT2D eigenvalue weighted by Gasteiger charge is -2.16. The van der Waals surface area contributed by atoms with Gasteiger partial charge in [-0.1, -0.05) is 42.5 Å². The van der Waals surface area contributed by atoms with E-state index in [2.05, 4.69) is 53.7 Å². The molecule has 0 aliphatic carbocycles. The second-order valence-electron chi connectivity index (χ2n) is 6.35. The third-order valence-electron chi connectivity index (χ3n) is 4.27. The first-order valence-electron chi connectivity index (χ1n) is 8.75. The van der Waals surface area contributed by atoms with Crippen molar-refractivity contribution < 1.29 is 9.15 Å². The number of para-hydroxylation sites is 1. The Balaban J connectivity index is 1.40. The van der Waals surface area contributed by atoms with Crippen LogP contribution in [0.3, 0.4) is 0 Å². The molecule has 0 aliphatic rings. The van der Waals surface area contributed by atoms with Gasteiger partial charge in [-0.2, -0.15) is 0 Å². The smallest absolute Gasteiger partial charge is 0.176 e. The molecule has 0 spiro atoms. The molecule has 4 heteroatoms. The zero-order chi connectivity index (χ0) is 17.5. The molecule has 1 aromatic heterocycles. The van der Waals surface area contributed by atoms with Crippen molar-refractivity contribution in [2.45, 2.75) is 19.5 Å². The van der Waals surface area contributed by atoms with Crippen LogP contribution in [0.15, 0.2) is 59.0 Å². The third kappa shape index (κ3) is 4.84. The predicted octanol–water partition coefficient (Wildman–Crippen LogP) is 4.05. The van der Waals surface area contributed by atoms with E-state index in [1.807, 2.05) is 18.2 Å².